The minimum Gasteiger partial charge on any atom is -0.383 e. The molecule has 6 N–H and O–H groups in total. The van der Waals surface area contributed by atoms with Gasteiger partial charge in [0.1, 0.15) is 11.6 Å². The Balaban J connectivity index is 0.000000186. The number of aryl methyl sites for hydroxylation is 4. The summed E-state index contributed by atoms with van der Waals surface area (Å²) in [5, 5.41) is 21.6. The SMILES string of the molecule is CC.Cc1cc(C)c2c(N)nc(NC3CCN(Cc4ccccc4C#N)CC3)nc2n1.Cc1cc(C)c2c(N)nc(NC3CCN(Cc4ccno4)CC3)nc2n1. The van der Waals surface area contributed by atoms with Crippen molar-refractivity contribution in [2.45, 2.75) is 92.4 Å². The summed E-state index contributed by atoms with van der Waals surface area (Å²) >= 11 is 0. The van der Waals surface area contributed by atoms with Gasteiger partial charge in [0.2, 0.25) is 11.9 Å². The van der Waals surface area contributed by atoms with Gasteiger partial charge in [-0.25, -0.2) is 9.97 Å². The Bertz CT molecular complexity index is 2310. The largest absolute Gasteiger partial charge is 0.383 e. The van der Waals surface area contributed by atoms with E-state index >= 15 is 0 Å². The van der Waals surface area contributed by atoms with Crippen LogP contribution >= 0.6 is 0 Å². The minimum atomic E-state index is 0.292. The number of hydrogen-bond donors (Lipinski definition) is 4. The predicted molar refractivity (Wildman–Crippen MR) is 225 cm³/mol. The van der Waals surface area contributed by atoms with Crippen LogP contribution in [0.3, 0.4) is 0 Å². The van der Waals surface area contributed by atoms with Gasteiger partial charge in [0, 0.05) is 62.3 Å². The molecule has 8 rings (SSSR count). The topological polar surface area (TPSA) is 210 Å². The van der Waals surface area contributed by atoms with Crippen LogP contribution in [0.5, 0.6) is 0 Å². The van der Waals surface area contributed by atoms with Gasteiger partial charge in [-0.2, -0.15) is 25.2 Å². The second kappa shape index (κ2) is 18.8. The summed E-state index contributed by atoms with van der Waals surface area (Å²) in [4.78, 5) is 31.9. The molecule has 2 saturated heterocycles. The zero-order valence-electron chi connectivity index (χ0n) is 33.9. The number of pyridine rings is 2. The number of nitriles is 1. The number of piperidine rings is 2. The van der Waals surface area contributed by atoms with Crippen LogP contribution in [0.25, 0.3) is 22.1 Å². The number of hydrogen-bond acceptors (Lipinski definition) is 15. The zero-order valence-corrected chi connectivity index (χ0v) is 33.9. The Hall–Kier alpha value is -5.98. The first-order chi connectivity index (χ1) is 27.6. The molecule has 6 aromatic rings. The first kappa shape index (κ1) is 40.7. The number of benzene rings is 1. The molecule has 0 amide bonds. The van der Waals surface area contributed by atoms with Crippen molar-refractivity contribution in [2.75, 3.05) is 48.3 Å². The van der Waals surface area contributed by atoms with Gasteiger partial charge in [0.15, 0.2) is 17.1 Å². The highest BCUT2D eigenvalue weighted by Gasteiger charge is 2.23. The van der Waals surface area contributed by atoms with Crippen LogP contribution in [-0.2, 0) is 13.1 Å². The molecule has 15 nitrogen and oxygen atoms in total. The standard InChI is InChI=1S/C22H25N7.C18H23N7O.C2H6/c1-14-11-15(2)25-21-19(14)20(24)27-22(28-21)26-18-7-9-29(10-8-18)13-17-6-4-3-5-16(17)12-23;1-11-9-12(2)21-17-15(11)16(19)23-18(24-17)22-13-4-7-25(8-5-13)10-14-3-6-20-26-14;1-2/h3-6,11,18H,7-10,13H2,1-2H3,(H3,24,25,26,27,28);3,6,9,13H,4-5,7-8,10H2,1-2H3,(H3,19,21,22,23,24);1-2H3. The maximum atomic E-state index is 9.28. The maximum Gasteiger partial charge on any atom is 0.226 e. The van der Waals surface area contributed by atoms with Crippen molar-refractivity contribution >= 4 is 45.6 Å². The number of rotatable bonds is 8. The molecule has 0 saturated carbocycles. The molecular weight excluding hydrogens is 717 g/mol. The summed E-state index contributed by atoms with van der Waals surface area (Å²) < 4.78 is 5.18. The van der Waals surface area contributed by atoms with Crippen LogP contribution in [0.2, 0.25) is 0 Å². The second-order valence-electron chi connectivity index (χ2n) is 14.6. The lowest BCUT2D eigenvalue weighted by Crippen LogP contribution is -2.39. The van der Waals surface area contributed by atoms with Crippen molar-refractivity contribution < 1.29 is 4.52 Å². The fourth-order valence-corrected chi connectivity index (χ4v) is 7.54. The van der Waals surface area contributed by atoms with Crippen molar-refractivity contribution in [3.05, 3.63) is 88.1 Å². The lowest BCUT2D eigenvalue weighted by Gasteiger charge is -2.32. The maximum absolute atomic E-state index is 9.28. The van der Waals surface area contributed by atoms with E-state index in [9.17, 15) is 5.26 Å². The van der Waals surface area contributed by atoms with Crippen LogP contribution < -0.4 is 22.1 Å². The van der Waals surface area contributed by atoms with Crippen molar-refractivity contribution in [3.8, 4) is 6.07 Å². The van der Waals surface area contributed by atoms with Gasteiger partial charge in [0.25, 0.3) is 0 Å². The molecule has 57 heavy (non-hydrogen) atoms. The Kier molecular flexibility index (Phi) is 13.4. The molecule has 0 atom stereocenters. The number of nitrogen functional groups attached to an aromatic ring is 2. The average molecular weight is 771 g/mol. The van der Waals surface area contributed by atoms with E-state index in [1.807, 2.05) is 84.0 Å². The van der Waals surface area contributed by atoms with Crippen LogP contribution in [0, 0.1) is 39.0 Å². The lowest BCUT2D eigenvalue weighted by atomic mass is 10.0. The van der Waals surface area contributed by atoms with Crippen molar-refractivity contribution in [2.24, 2.45) is 0 Å². The van der Waals surface area contributed by atoms with E-state index in [0.717, 1.165) is 115 Å². The van der Waals surface area contributed by atoms with E-state index in [4.69, 9.17) is 16.0 Å². The molecule has 5 aromatic heterocycles. The molecule has 2 aliphatic rings. The molecule has 7 heterocycles. The Morgan fingerprint density at radius 3 is 1.67 bits per heavy atom. The van der Waals surface area contributed by atoms with E-state index in [1.165, 1.54) is 0 Å². The van der Waals surface area contributed by atoms with Gasteiger partial charge in [-0.05, 0) is 88.3 Å². The fourth-order valence-electron chi connectivity index (χ4n) is 7.54. The molecule has 15 heteroatoms. The Morgan fingerprint density at radius 2 is 1.19 bits per heavy atom. The van der Waals surface area contributed by atoms with Crippen LogP contribution in [0.4, 0.5) is 23.5 Å². The van der Waals surface area contributed by atoms with E-state index in [0.29, 0.717) is 46.9 Å². The third-order valence-electron chi connectivity index (χ3n) is 10.3. The van der Waals surface area contributed by atoms with E-state index in [2.05, 4.69) is 61.6 Å². The monoisotopic (exact) mass is 770 g/mol. The number of nitrogens with one attached hydrogen (secondary N) is 2. The molecule has 0 aliphatic carbocycles. The summed E-state index contributed by atoms with van der Waals surface area (Å²) in [5.74, 6) is 2.94. The Labute approximate surface area is 334 Å². The minimum absolute atomic E-state index is 0.292. The first-order valence-corrected chi connectivity index (χ1v) is 19.8. The molecule has 0 spiro atoms. The van der Waals surface area contributed by atoms with Crippen molar-refractivity contribution in [1.82, 2.24) is 44.9 Å². The third kappa shape index (κ3) is 10.3. The summed E-state index contributed by atoms with van der Waals surface area (Å²) in [6.07, 6.45) is 5.67. The molecule has 298 valence electrons. The average Bonchev–Trinajstić information content (AvgIpc) is 3.70. The van der Waals surface area contributed by atoms with Gasteiger partial charge in [-0.15, -0.1) is 0 Å². The van der Waals surface area contributed by atoms with Crippen LogP contribution in [-0.4, -0.2) is 83.1 Å². The number of likely N-dealkylation sites (tertiary alicyclic amines) is 2. The normalized spacial score (nSPS) is 15.3. The summed E-state index contributed by atoms with van der Waals surface area (Å²) in [5.41, 5.74) is 19.4. The van der Waals surface area contributed by atoms with Crippen LogP contribution in [0.15, 0.2) is 53.2 Å². The number of aromatic nitrogens is 7. The highest BCUT2D eigenvalue weighted by molar-refractivity contribution is 5.90. The lowest BCUT2D eigenvalue weighted by molar-refractivity contribution is 0.189. The first-order valence-electron chi connectivity index (χ1n) is 19.8. The molecule has 1 aromatic carbocycles. The zero-order chi connectivity index (χ0) is 40.5. The summed E-state index contributed by atoms with van der Waals surface area (Å²) in [6.45, 7) is 17.4. The smallest absolute Gasteiger partial charge is 0.226 e. The molecule has 2 fully saturated rings. The van der Waals surface area contributed by atoms with E-state index < -0.39 is 0 Å². The summed E-state index contributed by atoms with van der Waals surface area (Å²) in [7, 11) is 0. The Morgan fingerprint density at radius 1 is 0.702 bits per heavy atom. The fraction of sp³-hybridized carbons (Fsp3) is 0.429. The van der Waals surface area contributed by atoms with E-state index in [-0.39, 0.29) is 0 Å². The van der Waals surface area contributed by atoms with Gasteiger partial charge in [-0.3, -0.25) is 9.80 Å². The van der Waals surface area contributed by atoms with Gasteiger partial charge in [-0.1, -0.05) is 37.2 Å². The molecular formula is C42H54N14O. The van der Waals surface area contributed by atoms with Gasteiger partial charge in [0.05, 0.1) is 35.1 Å². The van der Waals surface area contributed by atoms with Crippen molar-refractivity contribution in [3.63, 3.8) is 0 Å². The molecule has 0 bridgehead atoms. The molecule has 0 unspecified atom stereocenters. The van der Waals surface area contributed by atoms with E-state index in [1.54, 1.807) is 6.20 Å². The highest BCUT2D eigenvalue weighted by Crippen LogP contribution is 2.26. The summed E-state index contributed by atoms with van der Waals surface area (Å²) in [6, 6.07) is 16.6. The highest BCUT2D eigenvalue weighted by atomic mass is 16.5. The molecule has 0 radical (unpaired) electrons. The third-order valence-corrected chi connectivity index (χ3v) is 10.3. The van der Waals surface area contributed by atoms with Crippen LogP contribution in [0.1, 0.15) is 78.9 Å². The van der Waals surface area contributed by atoms with Crippen molar-refractivity contribution in [1.29, 1.82) is 5.26 Å². The predicted octanol–water partition coefficient (Wildman–Crippen LogP) is 6.49. The molecule has 2 aliphatic heterocycles. The number of fused-ring (bicyclic) bond motifs is 2. The van der Waals surface area contributed by atoms with Gasteiger partial charge < -0.3 is 26.6 Å². The number of nitrogens with two attached hydrogens (primary N) is 2. The second-order valence-corrected chi connectivity index (χ2v) is 14.6. The number of anilines is 4. The number of nitrogens with zero attached hydrogens (tertiary/aromatic N) is 10. The van der Waals surface area contributed by atoms with Gasteiger partial charge >= 0.3 is 0 Å². The quantitative estimate of drug-likeness (QED) is 0.130.